The number of hydrogen-bond acceptors (Lipinski definition) is 1. The minimum atomic E-state index is -4.01. The molecule has 4 heteroatoms. The lowest BCUT2D eigenvalue weighted by molar-refractivity contribution is 0.386. The second-order valence-electron chi connectivity index (χ2n) is 5.71. The molecule has 0 amide bonds. The van der Waals surface area contributed by atoms with Crippen LogP contribution in [0.15, 0.2) is 36.2 Å². The predicted octanol–water partition coefficient (Wildman–Crippen LogP) is 6.10. The Morgan fingerprint density at radius 2 is 1.23 bits per heavy atom. The third-order valence-electron chi connectivity index (χ3n) is 3.47. The monoisotopic (exact) mass is 328 g/mol. The van der Waals surface area contributed by atoms with Crippen LogP contribution in [0.2, 0.25) is 0 Å². The van der Waals surface area contributed by atoms with Gasteiger partial charge in [-0.2, -0.15) is 0 Å². The van der Waals surface area contributed by atoms with E-state index in [-0.39, 0.29) is 0 Å². The molecule has 22 heavy (non-hydrogen) atoms. The lowest BCUT2D eigenvalue weighted by Gasteiger charge is -2.01. The number of allylic oxidation sites excluding steroid dienone is 5. The fraction of sp³-hybridized carbons (Fsp3) is 0.667. The third kappa shape index (κ3) is 19.4. The summed E-state index contributed by atoms with van der Waals surface area (Å²) in [5, 5.41) is 0. The highest BCUT2D eigenvalue weighted by atomic mass is 31.2. The molecular weight excluding hydrogens is 295 g/mol. The summed E-state index contributed by atoms with van der Waals surface area (Å²) < 4.78 is 10.5. The van der Waals surface area contributed by atoms with E-state index in [1.54, 1.807) is 12.2 Å². The first-order valence-electron chi connectivity index (χ1n) is 8.62. The van der Waals surface area contributed by atoms with E-state index in [0.29, 0.717) is 0 Å². The van der Waals surface area contributed by atoms with Crippen LogP contribution in [0.4, 0.5) is 0 Å². The number of unbranched alkanes of at least 4 members (excludes halogenated alkanes) is 10. The highest BCUT2D eigenvalue weighted by Crippen LogP contribution is 2.35. The highest BCUT2D eigenvalue weighted by Gasteiger charge is 2.03. The van der Waals surface area contributed by atoms with Crippen LogP contribution >= 0.6 is 7.60 Å². The van der Waals surface area contributed by atoms with Crippen molar-refractivity contribution in [1.82, 2.24) is 0 Å². The molecule has 0 aromatic rings. The number of rotatable bonds is 14. The topological polar surface area (TPSA) is 57.5 Å². The molecule has 0 atom stereocenters. The third-order valence-corrected chi connectivity index (χ3v) is 4.03. The minimum absolute atomic E-state index is 0.902. The average Bonchev–Trinajstić information content (AvgIpc) is 2.45. The second kappa shape index (κ2) is 15.3. The predicted molar refractivity (Wildman–Crippen MR) is 95.9 cm³/mol. The van der Waals surface area contributed by atoms with Crippen molar-refractivity contribution >= 4 is 7.60 Å². The van der Waals surface area contributed by atoms with E-state index in [2.05, 4.69) is 13.0 Å². The summed E-state index contributed by atoms with van der Waals surface area (Å²) in [5.74, 6) is 0.902. The van der Waals surface area contributed by atoms with Crippen LogP contribution in [-0.2, 0) is 4.57 Å². The maximum absolute atomic E-state index is 10.5. The summed E-state index contributed by atoms with van der Waals surface area (Å²) in [6.45, 7) is 2.25. The van der Waals surface area contributed by atoms with Crippen LogP contribution < -0.4 is 0 Å². The van der Waals surface area contributed by atoms with Crippen molar-refractivity contribution in [3.63, 3.8) is 0 Å². The first-order valence-corrected chi connectivity index (χ1v) is 10.3. The normalized spacial score (nSPS) is 13.0. The average molecular weight is 328 g/mol. The van der Waals surface area contributed by atoms with E-state index < -0.39 is 7.60 Å². The fourth-order valence-electron chi connectivity index (χ4n) is 2.21. The summed E-state index contributed by atoms with van der Waals surface area (Å²) in [6.07, 6.45) is 23.4. The molecule has 0 aliphatic heterocycles. The first kappa shape index (κ1) is 21.4. The maximum Gasteiger partial charge on any atom is 0.349 e. The van der Waals surface area contributed by atoms with Crippen molar-refractivity contribution in [3.05, 3.63) is 36.2 Å². The Morgan fingerprint density at radius 3 is 1.77 bits per heavy atom. The van der Waals surface area contributed by atoms with E-state index in [1.165, 1.54) is 70.3 Å². The molecule has 0 aliphatic carbocycles. The molecule has 0 unspecified atom stereocenters. The molecule has 0 radical (unpaired) electrons. The molecule has 128 valence electrons. The van der Waals surface area contributed by atoms with Crippen LogP contribution in [0.3, 0.4) is 0 Å². The maximum atomic E-state index is 10.5. The highest BCUT2D eigenvalue weighted by molar-refractivity contribution is 7.55. The standard InChI is InChI=1S/C18H33O3P/c1-2-3-4-5-6-7-8-9-10-11-12-13-14-15-16-17-18-22(19,20)21/h13-18H,2-12H2,1H3,(H2,19,20,21)/b14-13+,16-15+,18-17+. The largest absolute Gasteiger partial charge is 0.349 e. The Balaban J connectivity index is 3.32. The zero-order valence-corrected chi connectivity index (χ0v) is 14.9. The van der Waals surface area contributed by atoms with Gasteiger partial charge in [0, 0.05) is 5.82 Å². The quantitative estimate of drug-likeness (QED) is 0.230. The van der Waals surface area contributed by atoms with Gasteiger partial charge in [0.05, 0.1) is 0 Å². The van der Waals surface area contributed by atoms with Gasteiger partial charge in [0.15, 0.2) is 0 Å². The molecule has 0 heterocycles. The Kier molecular flexibility index (Phi) is 14.8. The molecule has 2 N–H and O–H groups in total. The smallest absolute Gasteiger partial charge is 0.321 e. The van der Waals surface area contributed by atoms with Gasteiger partial charge >= 0.3 is 7.60 Å². The van der Waals surface area contributed by atoms with Crippen LogP contribution in [-0.4, -0.2) is 9.79 Å². The van der Waals surface area contributed by atoms with E-state index >= 15 is 0 Å². The van der Waals surface area contributed by atoms with Crippen molar-refractivity contribution in [2.24, 2.45) is 0 Å². The minimum Gasteiger partial charge on any atom is -0.321 e. The Hall–Kier alpha value is -0.630. The lowest BCUT2D eigenvalue weighted by Crippen LogP contribution is -1.81. The summed E-state index contributed by atoms with van der Waals surface area (Å²) >= 11 is 0. The van der Waals surface area contributed by atoms with Gasteiger partial charge in [-0.15, -0.1) is 0 Å². The Morgan fingerprint density at radius 1 is 0.727 bits per heavy atom. The van der Waals surface area contributed by atoms with Crippen molar-refractivity contribution in [2.75, 3.05) is 0 Å². The van der Waals surface area contributed by atoms with Crippen LogP contribution in [0.5, 0.6) is 0 Å². The summed E-state index contributed by atoms with van der Waals surface area (Å²) in [6, 6.07) is 0. The van der Waals surface area contributed by atoms with Crippen LogP contribution in [0, 0.1) is 0 Å². The van der Waals surface area contributed by atoms with Gasteiger partial charge in [0.1, 0.15) is 0 Å². The summed E-state index contributed by atoms with van der Waals surface area (Å²) in [4.78, 5) is 17.2. The van der Waals surface area contributed by atoms with Crippen molar-refractivity contribution < 1.29 is 14.4 Å². The summed E-state index contributed by atoms with van der Waals surface area (Å²) in [7, 11) is -4.01. The SMILES string of the molecule is CCCCCCCCCCCC/C=C/C=C/C=C/P(=O)(O)O. The van der Waals surface area contributed by atoms with Gasteiger partial charge in [-0.3, -0.25) is 4.57 Å². The number of hydrogen-bond donors (Lipinski definition) is 2. The van der Waals surface area contributed by atoms with E-state index in [9.17, 15) is 4.57 Å². The van der Waals surface area contributed by atoms with Crippen LogP contribution in [0.25, 0.3) is 0 Å². The molecule has 0 saturated carbocycles. The zero-order valence-electron chi connectivity index (χ0n) is 14.0. The fourth-order valence-corrected chi connectivity index (χ4v) is 2.54. The summed E-state index contributed by atoms with van der Waals surface area (Å²) in [5.41, 5.74) is 0. The van der Waals surface area contributed by atoms with Gasteiger partial charge in [-0.1, -0.05) is 95.1 Å². The Bertz CT molecular complexity index is 367. The van der Waals surface area contributed by atoms with Crippen molar-refractivity contribution in [3.8, 4) is 0 Å². The van der Waals surface area contributed by atoms with Gasteiger partial charge in [-0.05, 0) is 12.8 Å². The van der Waals surface area contributed by atoms with E-state index in [1.807, 2.05) is 6.08 Å². The molecule has 0 saturated heterocycles. The molecule has 0 bridgehead atoms. The zero-order chi connectivity index (χ0) is 16.5. The van der Waals surface area contributed by atoms with E-state index in [0.717, 1.165) is 12.2 Å². The first-order chi connectivity index (χ1) is 10.6. The van der Waals surface area contributed by atoms with E-state index in [4.69, 9.17) is 9.79 Å². The molecule has 0 aromatic carbocycles. The molecular formula is C18H33O3P. The second-order valence-corrected chi connectivity index (χ2v) is 7.19. The van der Waals surface area contributed by atoms with Gasteiger partial charge < -0.3 is 9.79 Å². The van der Waals surface area contributed by atoms with Crippen molar-refractivity contribution in [2.45, 2.75) is 77.6 Å². The van der Waals surface area contributed by atoms with Gasteiger partial charge in [-0.25, -0.2) is 0 Å². The molecule has 0 fully saturated rings. The van der Waals surface area contributed by atoms with Crippen LogP contribution in [0.1, 0.15) is 77.6 Å². The molecule has 0 spiro atoms. The molecule has 0 aliphatic rings. The van der Waals surface area contributed by atoms with Crippen molar-refractivity contribution in [1.29, 1.82) is 0 Å². The Labute approximate surface area is 136 Å². The molecule has 3 nitrogen and oxygen atoms in total. The molecule has 0 aromatic heterocycles. The van der Waals surface area contributed by atoms with Gasteiger partial charge in [0.2, 0.25) is 0 Å². The van der Waals surface area contributed by atoms with Gasteiger partial charge in [0.25, 0.3) is 0 Å². The molecule has 0 rings (SSSR count). The lowest BCUT2D eigenvalue weighted by atomic mass is 10.1.